The Morgan fingerprint density at radius 2 is 1.66 bits per heavy atom. The molecule has 0 spiro atoms. The van der Waals surface area contributed by atoms with E-state index in [-0.39, 0.29) is 17.5 Å². The van der Waals surface area contributed by atoms with E-state index >= 15 is 0 Å². The Balaban J connectivity index is 1.43. The van der Waals surface area contributed by atoms with Gasteiger partial charge in [0.25, 0.3) is 11.8 Å². The zero-order valence-corrected chi connectivity index (χ0v) is 16.4. The number of carbonyl (C=O) groups is 2. The van der Waals surface area contributed by atoms with E-state index in [0.717, 1.165) is 12.0 Å². The van der Waals surface area contributed by atoms with E-state index in [1.165, 1.54) is 16.7 Å². The summed E-state index contributed by atoms with van der Waals surface area (Å²) in [5.41, 5.74) is 5.19. The van der Waals surface area contributed by atoms with Gasteiger partial charge >= 0.3 is 0 Å². The quantitative estimate of drug-likeness (QED) is 0.747. The van der Waals surface area contributed by atoms with Crippen LogP contribution in [0.1, 0.15) is 43.2 Å². The fraction of sp³-hybridized carbons (Fsp3) is 0.208. The van der Waals surface area contributed by atoms with Crippen LogP contribution >= 0.6 is 0 Å². The third-order valence-corrected chi connectivity index (χ3v) is 5.19. The van der Waals surface area contributed by atoms with E-state index in [9.17, 15) is 9.59 Å². The Morgan fingerprint density at radius 1 is 0.931 bits per heavy atom. The molecule has 29 heavy (non-hydrogen) atoms. The molecular formula is C24H23N3O2. The van der Waals surface area contributed by atoms with Gasteiger partial charge in [0.1, 0.15) is 11.4 Å². The summed E-state index contributed by atoms with van der Waals surface area (Å²) in [5, 5.41) is 2.87. The van der Waals surface area contributed by atoms with Gasteiger partial charge in [0.05, 0.1) is 0 Å². The molecule has 0 unspecified atom stereocenters. The maximum Gasteiger partial charge on any atom is 0.272 e. The van der Waals surface area contributed by atoms with E-state index in [2.05, 4.69) is 22.4 Å². The van der Waals surface area contributed by atoms with Crippen molar-refractivity contribution in [2.45, 2.75) is 26.4 Å². The van der Waals surface area contributed by atoms with Crippen molar-refractivity contribution in [1.82, 2.24) is 15.2 Å². The minimum absolute atomic E-state index is 0.146. The summed E-state index contributed by atoms with van der Waals surface area (Å²) in [6.45, 7) is 3.67. The molecule has 2 aromatic carbocycles. The normalized spacial score (nSPS) is 12.9. The molecule has 2 heterocycles. The second-order valence-corrected chi connectivity index (χ2v) is 7.32. The summed E-state index contributed by atoms with van der Waals surface area (Å²) in [6, 6.07) is 21.2. The highest BCUT2D eigenvalue weighted by molar-refractivity contribution is 5.96. The van der Waals surface area contributed by atoms with E-state index in [1.54, 1.807) is 23.1 Å². The monoisotopic (exact) mass is 385 g/mol. The van der Waals surface area contributed by atoms with Crippen LogP contribution in [0, 0.1) is 6.92 Å². The minimum Gasteiger partial charge on any atom is -0.347 e. The zero-order chi connectivity index (χ0) is 20.2. The first kappa shape index (κ1) is 18.9. The number of nitrogens with one attached hydrogen (secondary N) is 1. The first-order chi connectivity index (χ1) is 14.1. The summed E-state index contributed by atoms with van der Waals surface area (Å²) in [7, 11) is 0. The topological polar surface area (TPSA) is 62.3 Å². The molecule has 5 nitrogen and oxygen atoms in total. The average molecular weight is 385 g/mol. The molecule has 0 saturated carbocycles. The van der Waals surface area contributed by atoms with Crippen molar-refractivity contribution in [3.8, 4) is 0 Å². The van der Waals surface area contributed by atoms with E-state index in [4.69, 9.17) is 0 Å². The van der Waals surface area contributed by atoms with Crippen LogP contribution in [0.25, 0.3) is 0 Å². The summed E-state index contributed by atoms with van der Waals surface area (Å²) >= 11 is 0. The van der Waals surface area contributed by atoms with Crippen molar-refractivity contribution in [2.24, 2.45) is 0 Å². The lowest BCUT2D eigenvalue weighted by Gasteiger charge is -2.28. The molecule has 1 aromatic heterocycles. The molecule has 2 amide bonds. The van der Waals surface area contributed by atoms with Gasteiger partial charge in [0.15, 0.2) is 0 Å². The molecule has 3 aromatic rings. The summed E-state index contributed by atoms with van der Waals surface area (Å²) in [6.07, 6.45) is 0.832. The third-order valence-electron chi connectivity index (χ3n) is 5.19. The molecule has 0 radical (unpaired) electrons. The van der Waals surface area contributed by atoms with Crippen LogP contribution in [0.3, 0.4) is 0 Å². The molecule has 5 heteroatoms. The van der Waals surface area contributed by atoms with Crippen LogP contribution in [0.4, 0.5) is 0 Å². The smallest absolute Gasteiger partial charge is 0.272 e. The molecule has 4 rings (SSSR count). The van der Waals surface area contributed by atoms with Gasteiger partial charge in [-0.3, -0.25) is 9.59 Å². The number of amides is 2. The molecule has 1 aliphatic rings. The van der Waals surface area contributed by atoms with Crippen LogP contribution in [0.15, 0.2) is 66.7 Å². The Kier molecular flexibility index (Phi) is 5.38. The number of pyridine rings is 1. The number of carbonyl (C=O) groups excluding carboxylic acids is 2. The van der Waals surface area contributed by atoms with E-state index in [0.29, 0.717) is 25.3 Å². The molecular weight excluding hydrogens is 362 g/mol. The minimum atomic E-state index is -0.288. The van der Waals surface area contributed by atoms with Gasteiger partial charge in [0.2, 0.25) is 0 Å². The van der Waals surface area contributed by atoms with Gasteiger partial charge in [-0.15, -0.1) is 0 Å². The van der Waals surface area contributed by atoms with Crippen LogP contribution in [-0.4, -0.2) is 28.2 Å². The molecule has 0 saturated heterocycles. The second kappa shape index (κ2) is 8.27. The number of hydrogen-bond donors (Lipinski definition) is 1. The number of rotatable bonds is 4. The van der Waals surface area contributed by atoms with Gasteiger partial charge in [0, 0.05) is 19.6 Å². The number of hydrogen-bond acceptors (Lipinski definition) is 3. The van der Waals surface area contributed by atoms with Gasteiger partial charge in [-0.2, -0.15) is 0 Å². The summed E-state index contributed by atoms with van der Waals surface area (Å²) in [4.78, 5) is 31.5. The first-order valence-electron chi connectivity index (χ1n) is 9.77. The van der Waals surface area contributed by atoms with Crippen LogP contribution in [-0.2, 0) is 19.5 Å². The number of aromatic nitrogens is 1. The summed E-state index contributed by atoms with van der Waals surface area (Å²) < 4.78 is 0. The van der Waals surface area contributed by atoms with Crippen molar-refractivity contribution < 1.29 is 9.59 Å². The molecule has 0 bridgehead atoms. The maximum atomic E-state index is 12.9. The Hall–Kier alpha value is -3.47. The number of fused-ring (bicyclic) bond motifs is 1. The Labute approximate surface area is 170 Å². The third kappa shape index (κ3) is 4.35. The maximum absolute atomic E-state index is 12.9. The van der Waals surface area contributed by atoms with Crippen LogP contribution in [0.2, 0.25) is 0 Å². The lowest BCUT2D eigenvalue weighted by atomic mass is 10.00. The number of benzene rings is 2. The second-order valence-electron chi connectivity index (χ2n) is 7.32. The summed E-state index contributed by atoms with van der Waals surface area (Å²) in [5.74, 6) is -0.433. The van der Waals surface area contributed by atoms with E-state index in [1.807, 2.05) is 43.3 Å². The lowest BCUT2D eigenvalue weighted by molar-refractivity contribution is 0.0728. The molecule has 1 aliphatic heterocycles. The highest BCUT2D eigenvalue weighted by Gasteiger charge is 2.23. The van der Waals surface area contributed by atoms with Crippen LogP contribution < -0.4 is 5.32 Å². The van der Waals surface area contributed by atoms with Crippen molar-refractivity contribution in [3.63, 3.8) is 0 Å². The average Bonchev–Trinajstić information content (AvgIpc) is 2.77. The van der Waals surface area contributed by atoms with Crippen molar-refractivity contribution >= 4 is 11.8 Å². The largest absolute Gasteiger partial charge is 0.347 e. The van der Waals surface area contributed by atoms with Gasteiger partial charge in [-0.25, -0.2) is 4.98 Å². The van der Waals surface area contributed by atoms with Gasteiger partial charge < -0.3 is 10.2 Å². The van der Waals surface area contributed by atoms with Crippen molar-refractivity contribution in [2.75, 3.05) is 6.54 Å². The molecule has 0 atom stereocenters. The molecule has 0 aliphatic carbocycles. The zero-order valence-electron chi connectivity index (χ0n) is 16.4. The van der Waals surface area contributed by atoms with Gasteiger partial charge in [-0.05, 0) is 42.2 Å². The van der Waals surface area contributed by atoms with Crippen molar-refractivity contribution in [1.29, 1.82) is 0 Å². The predicted molar refractivity (Wildman–Crippen MR) is 111 cm³/mol. The lowest BCUT2D eigenvalue weighted by Crippen LogP contribution is -2.36. The fourth-order valence-corrected chi connectivity index (χ4v) is 3.49. The Morgan fingerprint density at radius 3 is 2.45 bits per heavy atom. The number of nitrogens with zero attached hydrogens (tertiary/aromatic N) is 2. The molecule has 0 fully saturated rings. The fourth-order valence-electron chi connectivity index (χ4n) is 3.49. The SMILES string of the molecule is Cc1ccc(CNC(=O)c2cccc(C(=O)N3CCc4ccccc4C3)n2)cc1. The highest BCUT2D eigenvalue weighted by Crippen LogP contribution is 2.20. The van der Waals surface area contributed by atoms with Gasteiger partial charge in [-0.1, -0.05) is 60.2 Å². The highest BCUT2D eigenvalue weighted by atomic mass is 16.2. The predicted octanol–water partition coefficient (Wildman–Crippen LogP) is 3.52. The molecule has 1 N–H and O–H groups in total. The van der Waals surface area contributed by atoms with Crippen LogP contribution in [0.5, 0.6) is 0 Å². The van der Waals surface area contributed by atoms with Crippen molar-refractivity contribution in [3.05, 3.63) is 100 Å². The Bertz CT molecular complexity index is 1040. The standard InChI is InChI=1S/C24H23N3O2/c1-17-9-11-18(12-10-17)15-25-23(28)21-7-4-8-22(26-21)24(29)27-14-13-19-5-2-3-6-20(19)16-27/h2-12H,13-16H2,1H3,(H,25,28). The van der Waals surface area contributed by atoms with E-state index < -0.39 is 0 Å². The first-order valence-corrected chi connectivity index (χ1v) is 9.77. The number of aryl methyl sites for hydroxylation is 1. The molecule has 146 valence electrons.